The van der Waals surface area contributed by atoms with Crippen molar-refractivity contribution >= 4 is 23.2 Å². The second-order valence-electron chi connectivity index (χ2n) is 7.83. The third-order valence-electron chi connectivity index (χ3n) is 6.05. The van der Waals surface area contributed by atoms with Crippen LogP contribution in [0.4, 0.5) is 5.69 Å². The van der Waals surface area contributed by atoms with E-state index in [1.165, 1.54) is 11.4 Å². The molecule has 150 valence electrons. The summed E-state index contributed by atoms with van der Waals surface area (Å²) in [5.41, 5.74) is 3.26. The van der Waals surface area contributed by atoms with Gasteiger partial charge in [-0.2, -0.15) is 0 Å². The van der Waals surface area contributed by atoms with Crippen LogP contribution in [0.5, 0.6) is 0 Å². The molecule has 0 saturated carbocycles. The van der Waals surface area contributed by atoms with E-state index in [-0.39, 0.29) is 5.91 Å². The summed E-state index contributed by atoms with van der Waals surface area (Å²) in [6.45, 7) is 7.74. The Morgan fingerprint density at radius 2 is 1.89 bits per heavy atom. The number of anilines is 1. The minimum Gasteiger partial charge on any atom is -0.369 e. The van der Waals surface area contributed by atoms with Gasteiger partial charge in [-0.15, -0.1) is 0 Å². The highest BCUT2D eigenvalue weighted by Gasteiger charge is 2.34. The number of hydrogen-bond acceptors (Lipinski definition) is 3. The third kappa shape index (κ3) is 3.65. The van der Waals surface area contributed by atoms with Crippen molar-refractivity contribution in [3.63, 3.8) is 0 Å². The number of halogens is 1. The van der Waals surface area contributed by atoms with Crippen LogP contribution in [-0.4, -0.2) is 59.5 Å². The fraction of sp³-hybridized carbons (Fsp3) is 0.500. The van der Waals surface area contributed by atoms with E-state index in [2.05, 4.69) is 34.4 Å². The number of benzene rings is 1. The molecule has 1 aromatic heterocycles. The van der Waals surface area contributed by atoms with Gasteiger partial charge in [-0.1, -0.05) is 24.6 Å². The van der Waals surface area contributed by atoms with Crippen molar-refractivity contribution in [2.45, 2.75) is 25.8 Å². The maximum Gasteiger partial charge on any atom is 0.255 e. The Hall–Kier alpha value is -1.98. The third-order valence-corrected chi connectivity index (χ3v) is 6.28. The zero-order chi connectivity index (χ0) is 19.7. The number of fused-ring (bicyclic) bond motifs is 1. The first-order chi connectivity index (χ1) is 13.6. The molecular weight excluding hydrogens is 372 g/mol. The van der Waals surface area contributed by atoms with Gasteiger partial charge in [0, 0.05) is 68.9 Å². The van der Waals surface area contributed by atoms with Crippen LogP contribution in [0.25, 0.3) is 0 Å². The van der Waals surface area contributed by atoms with E-state index in [0.29, 0.717) is 6.04 Å². The van der Waals surface area contributed by atoms with Crippen LogP contribution in [0, 0.1) is 0 Å². The van der Waals surface area contributed by atoms with Crippen LogP contribution in [0.1, 0.15) is 41.9 Å². The lowest BCUT2D eigenvalue weighted by molar-refractivity contribution is 0.0752. The number of hydrogen-bond donors (Lipinski definition) is 0. The van der Waals surface area contributed by atoms with E-state index in [0.717, 1.165) is 62.7 Å². The molecule has 0 aliphatic carbocycles. The number of aromatic nitrogens is 1. The largest absolute Gasteiger partial charge is 0.369 e. The SMILES string of the molecule is CCCN1CCC(N2CCN(c3cccc(Cl)c3)CC2)c2c(ccn2C)C1=O. The monoisotopic (exact) mass is 400 g/mol. The Balaban J connectivity index is 1.52. The Bertz CT molecular complexity index is 841. The molecule has 6 heteroatoms. The Kier molecular flexibility index (Phi) is 5.65. The average molecular weight is 401 g/mol. The molecule has 1 amide bonds. The van der Waals surface area contributed by atoms with Crippen LogP contribution in [0.2, 0.25) is 5.02 Å². The minimum atomic E-state index is 0.192. The van der Waals surface area contributed by atoms with Gasteiger partial charge >= 0.3 is 0 Å². The van der Waals surface area contributed by atoms with Crippen LogP contribution in [0.3, 0.4) is 0 Å². The molecule has 0 spiro atoms. The first-order valence-corrected chi connectivity index (χ1v) is 10.7. The van der Waals surface area contributed by atoms with Crippen molar-refractivity contribution in [1.29, 1.82) is 0 Å². The predicted octanol–water partition coefficient (Wildman–Crippen LogP) is 3.80. The van der Waals surface area contributed by atoms with Gasteiger partial charge in [-0.25, -0.2) is 0 Å². The van der Waals surface area contributed by atoms with Crippen molar-refractivity contribution in [3.05, 3.63) is 52.8 Å². The van der Waals surface area contributed by atoms with Gasteiger partial charge in [0.2, 0.25) is 0 Å². The molecular formula is C22H29ClN4O. The molecule has 5 nitrogen and oxygen atoms in total. The Morgan fingerprint density at radius 1 is 1.11 bits per heavy atom. The van der Waals surface area contributed by atoms with Crippen LogP contribution >= 0.6 is 11.6 Å². The standard InChI is InChI=1S/C22H29ClN4O/c1-3-9-27-11-8-20(21-19(22(27)28)7-10-24(21)2)26-14-12-25(13-15-26)18-6-4-5-17(23)16-18/h4-7,10,16,20H,3,8-9,11-15H2,1-2H3. The van der Waals surface area contributed by atoms with Gasteiger partial charge in [0.25, 0.3) is 5.91 Å². The molecule has 1 atom stereocenters. The fourth-order valence-electron chi connectivity index (χ4n) is 4.63. The van der Waals surface area contributed by atoms with E-state index < -0.39 is 0 Å². The molecule has 1 unspecified atom stereocenters. The molecule has 0 N–H and O–H groups in total. The molecule has 1 saturated heterocycles. The van der Waals surface area contributed by atoms with Crippen molar-refractivity contribution in [3.8, 4) is 0 Å². The number of piperazine rings is 1. The summed E-state index contributed by atoms with van der Waals surface area (Å²) in [6, 6.07) is 10.4. The fourth-order valence-corrected chi connectivity index (χ4v) is 4.81. The van der Waals surface area contributed by atoms with Crippen molar-refractivity contribution in [2.24, 2.45) is 7.05 Å². The van der Waals surface area contributed by atoms with Gasteiger partial charge in [0.05, 0.1) is 11.6 Å². The van der Waals surface area contributed by atoms with Gasteiger partial charge in [-0.3, -0.25) is 9.69 Å². The molecule has 1 aromatic carbocycles. The lowest BCUT2D eigenvalue weighted by Crippen LogP contribution is -2.48. The highest BCUT2D eigenvalue weighted by molar-refractivity contribution is 6.30. The Morgan fingerprint density at radius 3 is 2.61 bits per heavy atom. The normalized spacial score (nSPS) is 21.0. The zero-order valence-corrected chi connectivity index (χ0v) is 17.5. The molecule has 3 heterocycles. The lowest BCUT2D eigenvalue weighted by Gasteiger charge is -2.40. The quantitative estimate of drug-likeness (QED) is 0.782. The van der Waals surface area contributed by atoms with Crippen LogP contribution in [0.15, 0.2) is 36.5 Å². The highest BCUT2D eigenvalue weighted by atomic mass is 35.5. The molecule has 0 bridgehead atoms. The average Bonchev–Trinajstić information content (AvgIpc) is 3.02. The summed E-state index contributed by atoms with van der Waals surface area (Å²) in [5.74, 6) is 0.192. The Labute approximate surface area is 172 Å². The maximum atomic E-state index is 13.0. The number of amides is 1. The number of aryl methyl sites for hydroxylation is 1. The smallest absolute Gasteiger partial charge is 0.255 e. The van der Waals surface area contributed by atoms with Crippen LogP contribution < -0.4 is 4.90 Å². The van der Waals surface area contributed by atoms with Gasteiger partial charge in [0.1, 0.15) is 0 Å². The number of carbonyl (C=O) groups is 1. The van der Waals surface area contributed by atoms with Crippen molar-refractivity contribution in [2.75, 3.05) is 44.2 Å². The van der Waals surface area contributed by atoms with Gasteiger partial charge in [0.15, 0.2) is 0 Å². The van der Waals surface area contributed by atoms with E-state index in [1.807, 2.05) is 35.4 Å². The van der Waals surface area contributed by atoms with E-state index in [4.69, 9.17) is 11.6 Å². The molecule has 4 rings (SSSR count). The molecule has 2 aliphatic rings. The van der Waals surface area contributed by atoms with Gasteiger partial charge < -0.3 is 14.4 Å². The topological polar surface area (TPSA) is 31.7 Å². The van der Waals surface area contributed by atoms with Crippen molar-refractivity contribution < 1.29 is 4.79 Å². The van der Waals surface area contributed by atoms with E-state index in [9.17, 15) is 4.79 Å². The summed E-state index contributed by atoms with van der Waals surface area (Å²) >= 11 is 6.17. The molecule has 0 radical (unpaired) electrons. The number of carbonyl (C=O) groups excluding carboxylic acids is 1. The highest BCUT2D eigenvalue weighted by Crippen LogP contribution is 2.33. The molecule has 2 aromatic rings. The second kappa shape index (κ2) is 8.18. The number of nitrogens with zero attached hydrogens (tertiary/aromatic N) is 4. The maximum absolute atomic E-state index is 13.0. The first kappa shape index (κ1) is 19.3. The minimum absolute atomic E-state index is 0.192. The van der Waals surface area contributed by atoms with E-state index in [1.54, 1.807) is 0 Å². The molecule has 1 fully saturated rings. The van der Waals surface area contributed by atoms with Gasteiger partial charge in [-0.05, 0) is 37.1 Å². The summed E-state index contributed by atoms with van der Waals surface area (Å²) < 4.78 is 2.15. The molecule has 2 aliphatic heterocycles. The number of rotatable bonds is 4. The lowest BCUT2D eigenvalue weighted by atomic mass is 10.0. The second-order valence-corrected chi connectivity index (χ2v) is 8.26. The summed E-state index contributed by atoms with van der Waals surface area (Å²) in [4.78, 5) is 20.0. The zero-order valence-electron chi connectivity index (χ0n) is 16.8. The van der Waals surface area contributed by atoms with Crippen molar-refractivity contribution in [1.82, 2.24) is 14.4 Å². The van der Waals surface area contributed by atoms with Crippen LogP contribution in [-0.2, 0) is 7.05 Å². The summed E-state index contributed by atoms with van der Waals surface area (Å²) in [5, 5.41) is 0.784. The molecule has 28 heavy (non-hydrogen) atoms. The first-order valence-electron chi connectivity index (χ1n) is 10.3. The summed E-state index contributed by atoms with van der Waals surface area (Å²) in [7, 11) is 2.07. The summed E-state index contributed by atoms with van der Waals surface area (Å²) in [6.07, 6.45) is 4.03. The predicted molar refractivity (Wildman–Crippen MR) is 114 cm³/mol. The van der Waals surface area contributed by atoms with E-state index >= 15 is 0 Å².